The third kappa shape index (κ3) is 4.82. The lowest BCUT2D eigenvalue weighted by atomic mass is 10.2. The number of hydrogen-bond acceptors (Lipinski definition) is 3. The second kappa shape index (κ2) is 8.67. The van der Waals surface area contributed by atoms with E-state index in [-0.39, 0.29) is 23.8 Å². The summed E-state index contributed by atoms with van der Waals surface area (Å²) in [6.45, 7) is 6.56. The second-order valence-electron chi connectivity index (χ2n) is 6.05. The molecule has 0 spiro atoms. The van der Waals surface area contributed by atoms with Crippen molar-refractivity contribution in [2.24, 2.45) is 0 Å². The van der Waals surface area contributed by atoms with Crippen molar-refractivity contribution in [2.75, 3.05) is 13.1 Å². The molecule has 1 unspecified atom stereocenters. The van der Waals surface area contributed by atoms with Crippen LogP contribution in [0.2, 0.25) is 5.02 Å². The number of imidazole rings is 1. The summed E-state index contributed by atoms with van der Waals surface area (Å²) in [5, 5.41) is 5.97. The van der Waals surface area contributed by atoms with Gasteiger partial charge in [-0.15, -0.1) is 0 Å². The van der Waals surface area contributed by atoms with Crippen LogP contribution in [0.4, 0.5) is 0 Å². The molecule has 0 aliphatic heterocycles. The standard InChI is InChI=1S/C18H23ClN4O2/c1-12(2)16-20-10-11-23(16)13(3)17(24)21-8-9-22-18(25)14-6-4-5-7-15(14)19/h4-7,10-13H,8-9H2,1-3H3,(H,21,24)(H,22,25). The number of nitrogens with one attached hydrogen (secondary N) is 2. The molecular formula is C18H23ClN4O2. The Bertz CT molecular complexity index is 742. The molecule has 1 aromatic heterocycles. The van der Waals surface area contributed by atoms with Crippen molar-refractivity contribution in [1.82, 2.24) is 20.2 Å². The van der Waals surface area contributed by atoms with Crippen LogP contribution in [0.15, 0.2) is 36.7 Å². The van der Waals surface area contributed by atoms with E-state index in [0.29, 0.717) is 23.7 Å². The first-order valence-corrected chi connectivity index (χ1v) is 8.62. The molecule has 0 saturated heterocycles. The highest BCUT2D eigenvalue weighted by molar-refractivity contribution is 6.33. The third-order valence-corrected chi connectivity index (χ3v) is 4.17. The minimum atomic E-state index is -0.362. The number of amides is 2. The van der Waals surface area contributed by atoms with E-state index in [1.165, 1.54) is 0 Å². The van der Waals surface area contributed by atoms with Crippen LogP contribution in [0.25, 0.3) is 0 Å². The van der Waals surface area contributed by atoms with Crippen LogP contribution < -0.4 is 10.6 Å². The Hall–Kier alpha value is -2.34. The highest BCUT2D eigenvalue weighted by Crippen LogP contribution is 2.17. The summed E-state index contributed by atoms with van der Waals surface area (Å²) in [5.74, 6) is 0.728. The van der Waals surface area contributed by atoms with E-state index in [4.69, 9.17) is 11.6 Å². The molecule has 7 heteroatoms. The molecule has 0 saturated carbocycles. The zero-order valence-electron chi connectivity index (χ0n) is 14.6. The van der Waals surface area contributed by atoms with Gasteiger partial charge in [-0.25, -0.2) is 4.98 Å². The van der Waals surface area contributed by atoms with Gasteiger partial charge in [-0.3, -0.25) is 9.59 Å². The van der Waals surface area contributed by atoms with Crippen molar-refractivity contribution in [3.63, 3.8) is 0 Å². The highest BCUT2D eigenvalue weighted by Gasteiger charge is 2.18. The number of halogens is 1. The Kier molecular flexibility index (Phi) is 6.58. The molecule has 2 N–H and O–H groups in total. The highest BCUT2D eigenvalue weighted by atomic mass is 35.5. The lowest BCUT2D eigenvalue weighted by molar-refractivity contribution is -0.123. The quantitative estimate of drug-likeness (QED) is 0.743. The Morgan fingerprint density at radius 2 is 1.84 bits per heavy atom. The van der Waals surface area contributed by atoms with Gasteiger partial charge in [-0.05, 0) is 19.1 Å². The summed E-state index contributed by atoms with van der Waals surface area (Å²) in [6.07, 6.45) is 3.50. The number of rotatable bonds is 7. The lowest BCUT2D eigenvalue weighted by Gasteiger charge is -2.18. The number of aromatic nitrogens is 2. The van der Waals surface area contributed by atoms with Crippen LogP contribution in [0.5, 0.6) is 0 Å². The van der Waals surface area contributed by atoms with Gasteiger partial charge in [0.2, 0.25) is 5.91 Å². The van der Waals surface area contributed by atoms with Crippen LogP contribution in [0, 0.1) is 0 Å². The van der Waals surface area contributed by atoms with Crippen molar-refractivity contribution in [1.29, 1.82) is 0 Å². The van der Waals surface area contributed by atoms with Crippen LogP contribution >= 0.6 is 11.6 Å². The largest absolute Gasteiger partial charge is 0.353 e. The summed E-state index contributed by atoms with van der Waals surface area (Å²) in [5.41, 5.74) is 0.420. The van der Waals surface area contributed by atoms with E-state index >= 15 is 0 Å². The van der Waals surface area contributed by atoms with Gasteiger partial charge >= 0.3 is 0 Å². The molecular weight excluding hydrogens is 340 g/mol. The van der Waals surface area contributed by atoms with Gasteiger partial charge in [0.05, 0.1) is 10.6 Å². The van der Waals surface area contributed by atoms with Crippen molar-refractivity contribution in [3.05, 3.63) is 53.1 Å². The molecule has 2 rings (SSSR count). The van der Waals surface area contributed by atoms with E-state index in [0.717, 1.165) is 5.82 Å². The molecule has 0 aliphatic rings. The molecule has 25 heavy (non-hydrogen) atoms. The van der Waals surface area contributed by atoms with E-state index in [1.807, 2.05) is 25.3 Å². The van der Waals surface area contributed by atoms with Crippen LogP contribution in [0.3, 0.4) is 0 Å². The van der Waals surface area contributed by atoms with Gasteiger partial charge in [-0.1, -0.05) is 37.6 Å². The molecule has 1 atom stereocenters. The van der Waals surface area contributed by atoms with E-state index in [2.05, 4.69) is 15.6 Å². The first-order chi connectivity index (χ1) is 11.9. The minimum absolute atomic E-state index is 0.119. The molecule has 2 amide bonds. The average molecular weight is 363 g/mol. The fourth-order valence-electron chi connectivity index (χ4n) is 2.48. The number of nitrogens with zero attached hydrogens (tertiary/aromatic N) is 2. The third-order valence-electron chi connectivity index (χ3n) is 3.84. The maximum Gasteiger partial charge on any atom is 0.252 e. The summed E-state index contributed by atoms with van der Waals surface area (Å²) in [6, 6.07) is 6.48. The van der Waals surface area contributed by atoms with Crippen LogP contribution in [0.1, 0.15) is 48.9 Å². The number of benzene rings is 1. The van der Waals surface area contributed by atoms with E-state index < -0.39 is 0 Å². The van der Waals surface area contributed by atoms with Crippen molar-refractivity contribution < 1.29 is 9.59 Å². The number of carbonyl (C=O) groups is 2. The first-order valence-electron chi connectivity index (χ1n) is 8.25. The van der Waals surface area contributed by atoms with Gasteiger partial charge in [0.1, 0.15) is 11.9 Å². The average Bonchev–Trinajstić information content (AvgIpc) is 3.08. The van der Waals surface area contributed by atoms with E-state index in [9.17, 15) is 9.59 Å². The summed E-state index contributed by atoms with van der Waals surface area (Å²) >= 11 is 5.98. The molecule has 0 aliphatic carbocycles. The molecule has 0 bridgehead atoms. The Balaban J connectivity index is 1.81. The number of hydrogen-bond donors (Lipinski definition) is 2. The van der Waals surface area contributed by atoms with Gasteiger partial charge in [0.25, 0.3) is 5.91 Å². The van der Waals surface area contributed by atoms with Crippen LogP contribution in [-0.2, 0) is 4.79 Å². The van der Waals surface area contributed by atoms with Gasteiger partial charge in [-0.2, -0.15) is 0 Å². The molecule has 0 fully saturated rings. The monoisotopic (exact) mass is 362 g/mol. The van der Waals surface area contributed by atoms with Crippen molar-refractivity contribution >= 4 is 23.4 Å². The molecule has 0 radical (unpaired) electrons. The summed E-state index contributed by atoms with van der Waals surface area (Å²) in [4.78, 5) is 28.6. The van der Waals surface area contributed by atoms with Gasteiger partial charge in [0, 0.05) is 31.4 Å². The Labute approximate surface area is 152 Å². The maximum absolute atomic E-state index is 12.3. The van der Waals surface area contributed by atoms with Crippen LogP contribution in [-0.4, -0.2) is 34.5 Å². The number of carbonyl (C=O) groups excluding carboxylic acids is 2. The smallest absolute Gasteiger partial charge is 0.252 e. The molecule has 1 aromatic carbocycles. The van der Waals surface area contributed by atoms with Crippen molar-refractivity contribution in [3.8, 4) is 0 Å². The zero-order chi connectivity index (χ0) is 18.4. The molecule has 6 nitrogen and oxygen atoms in total. The zero-order valence-corrected chi connectivity index (χ0v) is 15.4. The van der Waals surface area contributed by atoms with Crippen molar-refractivity contribution in [2.45, 2.75) is 32.7 Å². The molecule has 134 valence electrons. The molecule has 2 aromatic rings. The lowest BCUT2D eigenvalue weighted by Crippen LogP contribution is -2.38. The Morgan fingerprint density at radius 1 is 1.16 bits per heavy atom. The Morgan fingerprint density at radius 3 is 2.52 bits per heavy atom. The SMILES string of the molecule is CC(C)c1nccn1C(C)C(=O)NCCNC(=O)c1ccccc1Cl. The second-order valence-corrected chi connectivity index (χ2v) is 6.46. The minimum Gasteiger partial charge on any atom is -0.353 e. The van der Waals surface area contributed by atoms with Gasteiger partial charge < -0.3 is 15.2 Å². The normalized spacial score (nSPS) is 12.0. The summed E-state index contributed by atoms with van der Waals surface area (Å²) < 4.78 is 1.86. The topological polar surface area (TPSA) is 76.0 Å². The predicted molar refractivity (Wildman–Crippen MR) is 97.8 cm³/mol. The van der Waals surface area contributed by atoms with E-state index in [1.54, 1.807) is 36.7 Å². The maximum atomic E-state index is 12.3. The summed E-state index contributed by atoms with van der Waals surface area (Å²) in [7, 11) is 0. The fourth-order valence-corrected chi connectivity index (χ4v) is 2.70. The molecule has 1 heterocycles. The predicted octanol–water partition coefficient (Wildman–Crippen LogP) is 2.77. The van der Waals surface area contributed by atoms with Gasteiger partial charge in [0.15, 0.2) is 0 Å². The first kappa shape index (κ1) is 19.0. The fraction of sp³-hybridized carbons (Fsp3) is 0.389.